The standard InChI is InChI=1S/C15H13.C13H10.C7H9.2ClH.Zr/c1-10-3-5-14-12(7-10)9-13-8-11(2)4-6-15(13)14;1-3-7-12(8-4-1)11-13-9-5-2-6-10-13;1-6-4-3-5-7(6)2;;;/h3-7H,9H2,1-2H3;1-10H;4H,5H2,1-2H3;2*1H;/q-1;;-1;;;+2/p-2. The summed E-state index contributed by atoms with van der Waals surface area (Å²) >= 11 is 1.46. The molecule has 0 nitrogen and oxygen atoms in total. The van der Waals surface area contributed by atoms with Crippen molar-refractivity contribution in [1.82, 2.24) is 0 Å². The van der Waals surface area contributed by atoms with Gasteiger partial charge >= 0.3 is 99.2 Å². The zero-order chi connectivity index (χ0) is 25.5. The first kappa shape index (κ1) is 31.9. The Morgan fingerprint density at radius 2 is 1.29 bits per heavy atom. The number of aryl methyl sites for hydroxylation is 2. The van der Waals surface area contributed by atoms with Gasteiger partial charge in [-0.25, -0.2) is 11.6 Å². The molecular formula is C35H32Cl2Zr-2. The van der Waals surface area contributed by atoms with E-state index in [4.69, 9.17) is 0 Å². The van der Waals surface area contributed by atoms with Crippen LogP contribution >= 0.6 is 0 Å². The summed E-state index contributed by atoms with van der Waals surface area (Å²) in [5.74, 6) is 0. The van der Waals surface area contributed by atoms with Gasteiger partial charge in [-0.2, -0.15) is 29.3 Å². The Bertz CT molecular complexity index is 1330. The van der Waals surface area contributed by atoms with Gasteiger partial charge in [0, 0.05) is 0 Å². The molecule has 0 fully saturated rings. The maximum atomic E-state index is 3.45. The van der Waals surface area contributed by atoms with Crippen LogP contribution in [0.4, 0.5) is 0 Å². The third-order valence-electron chi connectivity index (χ3n) is 6.58. The normalized spacial score (nSPS) is 12.1. The van der Waals surface area contributed by atoms with E-state index in [0.717, 1.165) is 12.8 Å². The summed E-state index contributed by atoms with van der Waals surface area (Å²) in [6.45, 7) is 8.52. The SMILES string of the molecule is CC1=C(C)C[C-]=C1.Cc1[c-]c2c(cc1)-c1ccc(C)cc1C2.[Cl-].[Cl-].[Zr+2]=[C](c1ccccc1)c1ccccc1. The maximum absolute atomic E-state index is 3.45. The Balaban J connectivity index is 0.000000207. The van der Waals surface area contributed by atoms with Gasteiger partial charge in [0.15, 0.2) is 0 Å². The molecule has 0 spiro atoms. The van der Waals surface area contributed by atoms with E-state index in [-0.39, 0.29) is 24.8 Å². The fourth-order valence-corrected chi connectivity index (χ4v) is 5.19. The summed E-state index contributed by atoms with van der Waals surface area (Å²) in [5.41, 5.74) is 13.7. The molecule has 0 bridgehead atoms. The quantitative estimate of drug-likeness (QED) is 0.269. The van der Waals surface area contributed by atoms with Gasteiger partial charge in [-0.05, 0) is 18.9 Å². The molecule has 0 atom stereocenters. The third-order valence-corrected chi connectivity index (χ3v) is 7.99. The number of hydrogen-bond donors (Lipinski definition) is 0. The zero-order valence-corrected chi connectivity index (χ0v) is 26.4. The minimum atomic E-state index is 0. The van der Waals surface area contributed by atoms with Crippen molar-refractivity contribution in [2.24, 2.45) is 0 Å². The van der Waals surface area contributed by atoms with Crippen molar-refractivity contribution in [3.63, 3.8) is 0 Å². The second-order valence-electron chi connectivity index (χ2n) is 9.47. The molecule has 0 unspecified atom stereocenters. The number of fused-ring (bicyclic) bond motifs is 3. The monoisotopic (exact) mass is 612 g/mol. The van der Waals surface area contributed by atoms with E-state index >= 15 is 0 Å². The van der Waals surface area contributed by atoms with Gasteiger partial charge in [0.2, 0.25) is 0 Å². The van der Waals surface area contributed by atoms with Gasteiger partial charge in [-0.15, -0.1) is 24.5 Å². The summed E-state index contributed by atoms with van der Waals surface area (Å²) < 4.78 is 1.42. The summed E-state index contributed by atoms with van der Waals surface area (Å²) in [5, 5.41) is 0. The van der Waals surface area contributed by atoms with Crippen molar-refractivity contribution in [3.8, 4) is 11.1 Å². The number of halogens is 2. The first-order chi connectivity index (χ1) is 17.4. The van der Waals surface area contributed by atoms with E-state index < -0.39 is 0 Å². The predicted molar refractivity (Wildman–Crippen MR) is 150 cm³/mol. The molecule has 0 saturated heterocycles. The molecule has 4 aromatic rings. The Hall–Kier alpha value is -2.31. The Morgan fingerprint density at radius 3 is 1.79 bits per heavy atom. The van der Waals surface area contributed by atoms with E-state index in [0.29, 0.717) is 0 Å². The second-order valence-corrected chi connectivity index (χ2v) is 10.7. The minimum absolute atomic E-state index is 0. The molecule has 0 radical (unpaired) electrons. The van der Waals surface area contributed by atoms with Crippen LogP contribution < -0.4 is 24.8 Å². The second kappa shape index (κ2) is 15.3. The topological polar surface area (TPSA) is 0 Å². The van der Waals surface area contributed by atoms with Crippen molar-refractivity contribution >= 4 is 3.21 Å². The number of allylic oxidation sites excluding steroid dienone is 4. The van der Waals surface area contributed by atoms with E-state index in [1.165, 1.54) is 83.1 Å². The molecule has 0 saturated carbocycles. The Morgan fingerprint density at radius 1 is 0.711 bits per heavy atom. The van der Waals surface area contributed by atoms with Crippen LogP contribution in [0.2, 0.25) is 0 Å². The Kier molecular flexibility index (Phi) is 12.9. The molecule has 4 aromatic carbocycles. The molecule has 192 valence electrons. The van der Waals surface area contributed by atoms with Crippen LogP contribution in [0.1, 0.15) is 53.6 Å². The van der Waals surface area contributed by atoms with Gasteiger partial charge in [0.05, 0.1) is 0 Å². The van der Waals surface area contributed by atoms with Crippen molar-refractivity contribution in [1.29, 1.82) is 0 Å². The Labute approximate surface area is 256 Å². The van der Waals surface area contributed by atoms with Crippen LogP contribution in [0, 0.1) is 26.0 Å². The molecule has 0 heterocycles. The average Bonchev–Trinajstić information content (AvgIpc) is 3.45. The molecule has 2 aliphatic rings. The molecule has 6 rings (SSSR count). The van der Waals surface area contributed by atoms with Crippen molar-refractivity contribution < 1.29 is 49.0 Å². The fourth-order valence-electron chi connectivity index (χ4n) is 4.37. The van der Waals surface area contributed by atoms with Gasteiger partial charge in [-0.1, -0.05) is 43.2 Å². The molecule has 38 heavy (non-hydrogen) atoms. The summed E-state index contributed by atoms with van der Waals surface area (Å²) in [6.07, 6.45) is 7.27. The van der Waals surface area contributed by atoms with E-state index in [1.807, 2.05) is 0 Å². The number of hydrogen-bond acceptors (Lipinski definition) is 0. The van der Waals surface area contributed by atoms with E-state index in [1.54, 1.807) is 0 Å². The molecule has 0 amide bonds. The van der Waals surface area contributed by atoms with Crippen LogP contribution in [0.3, 0.4) is 0 Å². The number of rotatable bonds is 2. The van der Waals surface area contributed by atoms with Gasteiger partial charge in [-0.3, -0.25) is 6.08 Å². The van der Waals surface area contributed by atoms with Crippen molar-refractivity contribution in [2.75, 3.05) is 0 Å². The molecule has 0 aliphatic heterocycles. The molecule has 2 aliphatic carbocycles. The van der Waals surface area contributed by atoms with E-state index in [9.17, 15) is 0 Å². The van der Waals surface area contributed by atoms with Crippen LogP contribution in [0.5, 0.6) is 0 Å². The summed E-state index contributed by atoms with van der Waals surface area (Å²) in [4.78, 5) is 0. The van der Waals surface area contributed by atoms with Crippen LogP contribution in [-0.2, 0) is 30.7 Å². The first-order valence-corrected chi connectivity index (χ1v) is 13.7. The predicted octanol–water partition coefficient (Wildman–Crippen LogP) is 2.57. The number of benzene rings is 4. The fraction of sp³-hybridized carbons (Fsp3) is 0.171. The van der Waals surface area contributed by atoms with Gasteiger partial charge in [0.1, 0.15) is 0 Å². The summed E-state index contributed by atoms with van der Waals surface area (Å²) in [6, 6.07) is 35.6. The van der Waals surface area contributed by atoms with Crippen molar-refractivity contribution in [3.05, 3.63) is 154 Å². The average molecular weight is 615 g/mol. The van der Waals surface area contributed by atoms with Crippen LogP contribution in [0.15, 0.2) is 108 Å². The van der Waals surface area contributed by atoms with Gasteiger partial charge < -0.3 is 24.8 Å². The third kappa shape index (κ3) is 8.34. The van der Waals surface area contributed by atoms with Crippen LogP contribution in [0.25, 0.3) is 11.1 Å². The summed E-state index contributed by atoms with van der Waals surface area (Å²) in [7, 11) is 0. The molecule has 3 heteroatoms. The molecular weight excluding hydrogens is 583 g/mol. The molecule has 0 N–H and O–H groups in total. The van der Waals surface area contributed by atoms with Gasteiger partial charge in [0.25, 0.3) is 0 Å². The van der Waals surface area contributed by atoms with Crippen LogP contribution in [-0.4, -0.2) is 3.21 Å². The first-order valence-electron chi connectivity index (χ1n) is 12.5. The van der Waals surface area contributed by atoms with Crippen molar-refractivity contribution in [2.45, 2.75) is 40.5 Å². The van der Waals surface area contributed by atoms with E-state index in [2.05, 4.69) is 137 Å². The molecule has 0 aromatic heterocycles. The zero-order valence-electron chi connectivity index (χ0n) is 22.4.